The summed E-state index contributed by atoms with van der Waals surface area (Å²) < 4.78 is 0. The Morgan fingerprint density at radius 2 is 1.20 bits per heavy atom. The zero-order valence-corrected chi connectivity index (χ0v) is 14.0. The third kappa shape index (κ3) is 2.25. The lowest BCUT2D eigenvalue weighted by Crippen LogP contribution is -2.67. The first-order valence-electron chi connectivity index (χ1n) is 9.23. The van der Waals surface area contributed by atoms with Crippen molar-refractivity contribution in [3.8, 4) is 0 Å². The second-order valence-corrected chi connectivity index (χ2v) is 9.07. The van der Waals surface area contributed by atoms with E-state index in [0.717, 1.165) is 23.7 Å². The minimum atomic E-state index is 0.0886. The maximum absolute atomic E-state index is 7.31. The molecule has 0 radical (unpaired) electrons. The van der Waals surface area contributed by atoms with Crippen LogP contribution in [0.25, 0.3) is 0 Å². The van der Waals surface area contributed by atoms with E-state index < -0.39 is 0 Å². The van der Waals surface area contributed by atoms with Gasteiger partial charge in [0, 0.05) is 5.54 Å². The van der Waals surface area contributed by atoms with Crippen LogP contribution in [-0.2, 0) is 0 Å². The van der Waals surface area contributed by atoms with Gasteiger partial charge in [-0.3, -0.25) is 0 Å². The number of hydrogen-bond acceptors (Lipinski definition) is 1. The Balaban J connectivity index is 1.98. The van der Waals surface area contributed by atoms with E-state index in [1.165, 1.54) is 64.2 Å². The predicted molar refractivity (Wildman–Crippen MR) is 86.5 cm³/mol. The second kappa shape index (κ2) is 5.30. The molecule has 1 nitrogen and oxygen atoms in total. The molecule has 0 heterocycles. The molecule has 0 aromatic heterocycles. The summed E-state index contributed by atoms with van der Waals surface area (Å²) in [6.07, 6.45) is 14.4. The van der Waals surface area contributed by atoms with E-state index in [9.17, 15) is 0 Å². The van der Waals surface area contributed by atoms with Crippen LogP contribution in [0.3, 0.4) is 0 Å². The van der Waals surface area contributed by atoms with E-state index in [-0.39, 0.29) is 11.0 Å². The molecule has 5 atom stereocenters. The lowest BCUT2D eigenvalue weighted by molar-refractivity contribution is -0.0745. The highest BCUT2D eigenvalue weighted by atomic mass is 14.9. The average Bonchev–Trinajstić information content (AvgIpc) is 2.63. The Morgan fingerprint density at radius 3 is 1.75 bits per heavy atom. The van der Waals surface area contributed by atoms with Crippen molar-refractivity contribution in [2.75, 3.05) is 0 Å². The second-order valence-electron chi connectivity index (χ2n) is 9.07. The van der Waals surface area contributed by atoms with Gasteiger partial charge in [-0.15, -0.1) is 0 Å². The van der Waals surface area contributed by atoms with Crippen LogP contribution in [0.4, 0.5) is 0 Å². The zero-order valence-electron chi connectivity index (χ0n) is 14.0. The lowest BCUT2D eigenvalue weighted by atomic mass is 9.47. The Morgan fingerprint density at radius 1 is 0.750 bits per heavy atom. The number of nitrogens with two attached hydrogens (primary N) is 1. The highest BCUT2D eigenvalue weighted by Crippen LogP contribution is 2.58. The fraction of sp³-hybridized carbons (Fsp3) is 1.00. The van der Waals surface area contributed by atoms with Crippen LogP contribution < -0.4 is 5.73 Å². The minimum Gasteiger partial charge on any atom is -0.324 e. The summed E-state index contributed by atoms with van der Waals surface area (Å²) in [5.41, 5.74) is 7.65. The molecule has 3 saturated carbocycles. The van der Waals surface area contributed by atoms with Crippen molar-refractivity contribution in [1.82, 2.24) is 0 Å². The highest BCUT2D eigenvalue weighted by Gasteiger charge is 2.57. The molecule has 0 bridgehead atoms. The number of rotatable bonds is 0. The molecule has 3 aliphatic carbocycles. The smallest absolute Gasteiger partial charge is 0.0265 e. The largest absolute Gasteiger partial charge is 0.324 e. The van der Waals surface area contributed by atoms with Crippen molar-refractivity contribution >= 4 is 0 Å². The molecule has 3 aliphatic rings. The summed E-state index contributed by atoms with van der Waals surface area (Å²) in [5, 5.41) is 0. The van der Waals surface area contributed by atoms with Crippen LogP contribution in [0, 0.1) is 29.1 Å². The summed E-state index contributed by atoms with van der Waals surface area (Å²) >= 11 is 0. The summed E-state index contributed by atoms with van der Waals surface area (Å²) in [6.45, 7) is 7.27. The first-order chi connectivity index (χ1) is 9.44. The quantitative estimate of drug-likeness (QED) is 0.652. The van der Waals surface area contributed by atoms with Crippen molar-refractivity contribution in [2.24, 2.45) is 34.8 Å². The van der Waals surface area contributed by atoms with Crippen LogP contribution in [0.5, 0.6) is 0 Å². The molecule has 3 rings (SSSR count). The molecule has 0 amide bonds. The summed E-state index contributed by atoms with van der Waals surface area (Å²) in [4.78, 5) is 0. The highest BCUT2D eigenvalue weighted by molar-refractivity contribution is 5.12. The first-order valence-corrected chi connectivity index (χ1v) is 9.23. The molecule has 0 saturated heterocycles. The molecule has 0 spiro atoms. The molecule has 116 valence electrons. The molecule has 20 heavy (non-hydrogen) atoms. The molecule has 5 unspecified atom stereocenters. The van der Waals surface area contributed by atoms with E-state index in [1.54, 1.807) is 0 Å². The minimum absolute atomic E-state index is 0.0886. The monoisotopic (exact) mass is 277 g/mol. The molecule has 0 aromatic carbocycles. The van der Waals surface area contributed by atoms with Gasteiger partial charge in [-0.05, 0) is 48.3 Å². The van der Waals surface area contributed by atoms with E-state index in [2.05, 4.69) is 20.8 Å². The fourth-order valence-corrected chi connectivity index (χ4v) is 6.19. The van der Waals surface area contributed by atoms with Gasteiger partial charge in [0.1, 0.15) is 0 Å². The fourth-order valence-electron chi connectivity index (χ4n) is 6.19. The van der Waals surface area contributed by atoms with Gasteiger partial charge < -0.3 is 5.73 Å². The third-order valence-corrected chi connectivity index (χ3v) is 7.20. The van der Waals surface area contributed by atoms with Crippen LogP contribution in [0.15, 0.2) is 0 Å². The Labute approximate surface area is 126 Å². The molecular formula is C19H35N. The predicted octanol–water partition coefficient (Wildman–Crippen LogP) is 5.14. The van der Waals surface area contributed by atoms with E-state index in [4.69, 9.17) is 5.73 Å². The summed E-state index contributed by atoms with van der Waals surface area (Å²) in [5.74, 6) is 3.47. The number of fused-ring (bicyclic) bond motifs is 2. The number of hydrogen-bond donors (Lipinski definition) is 1. The van der Waals surface area contributed by atoms with Gasteiger partial charge in [-0.1, -0.05) is 65.7 Å². The SMILES string of the molecule is CC(C)(C)C1(N)C2CCCCCC2CC2CCCCC21. The van der Waals surface area contributed by atoms with Crippen molar-refractivity contribution in [2.45, 2.75) is 90.5 Å². The first kappa shape index (κ1) is 14.9. The van der Waals surface area contributed by atoms with Gasteiger partial charge in [0.2, 0.25) is 0 Å². The Kier molecular flexibility index (Phi) is 3.95. The Hall–Kier alpha value is -0.0400. The van der Waals surface area contributed by atoms with Gasteiger partial charge in [0.05, 0.1) is 0 Å². The maximum Gasteiger partial charge on any atom is 0.0265 e. The topological polar surface area (TPSA) is 26.0 Å². The zero-order chi connectivity index (χ0) is 14.4. The van der Waals surface area contributed by atoms with E-state index in [0.29, 0.717) is 0 Å². The molecule has 0 aromatic rings. The van der Waals surface area contributed by atoms with Crippen molar-refractivity contribution in [1.29, 1.82) is 0 Å². The molecule has 2 N–H and O–H groups in total. The van der Waals surface area contributed by atoms with Gasteiger partial charge in [-0.25, -0.2) is 0 Å². The van der Waals surface area contributed by atoms with Gasteiger partial charge in [0.15, 0.2) is 0 Å². The van der Waals surface area contributed by atoms with Gasteiger partial charge >= 0.3 is 0 Å². The van der Waals surface area contributed by atoms with Crippen molar-refractivity contribution < 1.29 is 0 Å². The standard InChI is InChI=1S/C19H35N/c1-18(2,3)19(20)16-11-6-4-5-9-14(16)13-15-10-7-8-12-17(15)19/h14-17H,4-13,20H2,1-3H3. The van der Waals surface area contributed by atoms with Crippen LogP contribution in [-0.4, -0.2) is 5.54 Å². The van der Waals surface area contributed by atoms with Crippen LogP contribution in [0.2, 0.25) is 0 Å². The van der Waals surface area contributed by atoms with E-state index in [1.807, 2.05) is 0 Å². The van der Waals surface area contributed by atoms with Gasteiger partial charge in [-0.2, -0.15) is 0 Å². The molecule has 0 aliphatic heterocycles. The third-order valence-electron chi connectivity index (χ3n) is 7.20. The summed E-state index contributed by atoms with van der Waals surface area (Å²) in [7, 11) is 0. The van der Waals surface area contributed by atoms with E-state index >= 15 is 0 Å². The molecule has 1 heteroatoms. The van der Waals surface area contributed by atoms with Crippen molar-refractivity contribution in [3.05, 3.63) is 0 Å². The van der Waals surface area contributed by atoms with Gasteiger partial charge in [0.25, 0.3) is 0 Å². The summed E-state index contributed by atoms with van der Waals surface area (Å²) in [6, 6.07) is 0. The maximum atomic E-state index is 7.31. The Bertz CT molecular complexity index is 342. The average molecular weight is 277 g/mol. The van der Waals surface area contributed by atoms with Crippen LogP contribution in [0.1, 0.15) is 85.0 Å². The van der Waals surface area contributed by atoms with Crippen LogP contribution >= 0.6 is 0 Å². The van der Waals surface area contributed by atoms with Crippen molar-refractivity contribution in [3.63, 3.8) is 0 Å². The molecule has 3 fully saturated rings. The molecular weight excluding hydrogens is 242 g/mol. The normalized spacial score (nSPS) is 46.2. The lowest BCUT2D eigenvalue weighted by Gasteiger charge is -2.61.